The van der Waals surface area contributed by atoms with Crippen LogP contribution in [-0.2, 0) is 12.7 Å². The van der Waals surface area contributed by atoms with Gasteiger partial charge in [-0.1, -0.05) is 42.5 Å². The lowest BCUT2D eigenvalue weighted by Gasteiger charge is -2.27. The van der Waals surface area contributed by atoms with Crippen molar-refractivity contribution < 1.29 is 41.0 Å². The fourth-order valence-corrected chi connectivity index (χ4v) is 4.27. The minimum Gasteiger partial charge on any atom is -0.406 e. The molecule has 3 aromatic rings. The Labute approximate surface area is 209 Å². The SMILES string of the molecule is Cc1c(-c2ccc(OC(F)(F)F)cc2)c(C(=O)N(C)CC(C)(C)O)n(Cc2ccccc2)c1C(F)(F)F. The van der Waals surface area contributed by atoms with Crippen molar-refractivity contribution in [3.63, 3.8) is 0 Å². The van der Waals surface area contributed by atoms with E-state index in [9.17, 15) is 36.2 Å². The van der Waals surface area contributed by atoms with Crippen LogP contribution in [0.4, 0.5) is 26.3 Å². The molecule has 0 atom stereocenters. The number of alkyl halides is 6. The van der Waals surface area contributed by atoms with Gasteiger partial charge < -0.3 is 19.3 Å². The Hall–Kier alpha value is -3.47. The van der Waals surface area contributed by atoms with Crippen molar-refractivity contribution in [1.82, 2.24) is 9.47 Å². The van der Waals surface area contributed by atoms with Crippen molar-refractivity contribution in [2.45, 2.75) is 45.5 Å². The Balaban J connectivity index is 2.27. The largest absolute Gasteiger partial charge is 0.573 e. The Morgan fingerprint density at radius 1 is 0.973 bits per heavy atom. The number of amides is 1. The van der Waals surface area contributed by atoms with Crippen molar-refractivity contribution in [2.75, 3.05) is 13.6 Å². The van der Waals surface area contributed by atoms with Crippen LogP contribution in [0, 0.1) is 6.92 Å². The first-order valence-corrected chi connectivity index (χ1v) is 11.2. The van der Waals surface area contributed by atoms with E-state index in [0.29, 0.717) is 5.56 Å². The van der Waals surface area contributed by atoms with E-state index in [-0.39, 0.29) is 35.5 Å². The van der Waals surface area contributed by atoms with E-state index in [1.54, 1.807) is 30.3 Å². The third kappa shape index (κ3) is 6.85. The first-order chi connectivity index (χ1) is 17.0. The summed E-state index contributed by atoms with van der Waals surface area (Å²) < 4.78 is 85.7. The van der Waals surface area contributed by atoms with Gasteiger partial charge in [-0.25, -0.2) is 0 Å². The van der Waals surface area contributed by atoms with Crippen LogP contribution in [0.1, 0.15) is 41.2 Å². The Morgan fingerprint density at radius 3 is 2.03 bits per heavy atom. The highest BCUT2D eigenvalue weighted by Gasteiger charge is 2.42. The lowest BCUT2D eigenvalue weighted by atomic mass is 9.99. The van der Waals surface area contributed by atoms with Gasteiger partial charge in [0.1, 0.15) is 17.1 Å². The standard InChI is InChI=1S/C26H26F6N2O3/c1-16-20(18-10-12-19(13-11-18)37-26(30,31)32)21(23(35)33(4)15-24(2,3)36)34(22(16)25(27,28)29)14-17-8-6-5-7-9-17/h5-13,36H,14-15H2,1-4H3. The van der Waals surface area contributed by atoms with Gasteiger partial charge in [0.2, 0.25) is 0 Å². The van der Waals surface area contributed by atoms with Crippen LogP contribution < -0.4 is 4.74 Å². The van der Waals surface area contributed by atoms with Crippen molar-refractivity contribution >= 4 is 5.91 Å². The Morgan fingerprint density at radius 2 is 1.54 bits per heavy atom. The lowest BCUT2D eigenvalue weighted by Crippen LogP contribution is -2.40. The van der Waals surface area contributed by atoms with Crippen molar-refractivity contribution in [2.24, 2.45) is 0 Å². The van der Waals surface area contributed by atoms with Gasteiger partial charge in [-0.05, 0) is 49.6 Å². The lowest BCUT2D eigenvalue weighted by molar-refractivity contribution is -0.274. The molecule has 1 aromatic heterocycles. The summed E-state index contributed by atoms with van der Waals surface area (Å²) in [5, 5.41) is 10.2. The van der Waals surface area contributed by atoms with Crippen molar-refractivity contribution in [3.05, 3.63) is 77.1 Å². The summed E-state index contributed by atoms with van der Waals surface area (Å²) in [4.78, 5) is 14.7. The molecule has 5 nitrogen and oxygen atoms in total. The molecule has 3 rings (SSSR count). The quantitative estimate of drug-likeness (QED) is 0.368. The summed E-state index contributed by atoms with van der Waals surface area (Å²) in [6, 6.07) is 12.5. The topological polar surface area (TPSA) is 54.7 Å². The second kappa shape index (κ2) is 10.1. The zero-order valence-electron chi connectivity index (χ0n) is 20.5. The summed E-state index contributed by atoms with van der Waals surface area (Å²) in [5.41, 5.74) is -2.42. The average Bonchev–Trinajstić information content (AvgIpc) is 3.04. The van der Waals surface area contributed by atoms with Gasteiger partial charge in [-0.15, -0.1) is 13.2 Å². The highest BCUT2D eigenvalue weighted by atomic mass is 19.4. The molecule has 0 radical (unpaired) electrons. The second-order valence-electron chi connectivity index (χ2n) is 9.31. The number of hydrogen-bond acceptors (Lipinski definition) is 3. The molecule has 0 aliphatic carbocycles. The molecule has 2 aromatic carbocycles. The number of likely N-dealkylation sites (N-methyl/N-ethyl adjacent to an activating group) is 1. The molecule has 0 spiro atoms. The predicted molar refractivity (Wildman–Crippen MR) is 125 cm³/mol. The van der Waals surface area contributed by atoms with Gasteiger partial charge in [-0.3, -0.25) is 4.79 Å². The summed E-state index contributed by atoms with van der Waals surface area (Å²) in [6.07, 6.45) is -9.79. The maximum Gasteiger partial charge on any atom is 0.573 e. The molecule has 0 aliphatic heterocycles. The smallest absolute Gasteiger partial charge is 0.406 e. The van der Waals surface area contributed by atoms with Gasteiger partial charge in [0.15, 0.2) is 0 Å². The molecule has 200 valence electrons. The molecule has 0 unspecified atom stereocenters. The number of carbonyl (C=O) groups excluding carboxylic acids is 1. The van der Waals surface area contributed by atoms with Crippen LogP contribution in [-0.4, -0.2) is 46.0 Å². The Bertz CT molecular complexity index is 1240. The molecule has 1 heterocycles. The van der Waals surface area contributed by atoms with E-state index < -0.39 is 35.5 Å². The predicted octanol–water partition coefficient (Wildman–Crippen LogP) is 6.27. The van der Waals surface area contributed by atoms with Crippen molar-refractivity contribution in [3.8, 4) is 16.9 Å². The summed E-state index contributed by atoms with van der Waals surface area (Å²) >= 11 is 0. The molecule has 0 saturated carbocycles. The number of ether oxygens (including phenoxy) is 1. The van der Waals surface area contributed by atoms with Gasteiger partial charge in [0, 0.05) is 25.7 Å². The molecule has 37 heavy (non-hydrogen) atoms. The highest BCUT2D eigenvalue weighted by molar-refractivity contribution is 6.01. The van der Waals surface area contributed by atoms with Crippen LogP contribution in [0.25, 0.3) is 11.1 Å². The van der Waals surface area contributed by atoms with Crippen molar-refractivity contribution in [1.29, 1.82) is 0 Å². The molecule has 1 amide bonds. The number of benzene rings is 2. The maximum absolute atomic E-state index is 14.4. The van der Waals surface area contributed by atoms with E-state index in [1.165, 1.54) is 40.0 Å². The zero-order chi connectivity index (χ0) is 27.8. The zero-order valence-corrected chi connectivity index (χ0v) is 20.5. The number of halogens is 6. The minimum absolute atomic E-state index is 0.0746. The van der Waals surface area contributed by atoms with Gasteiger partial charge in [0.05, 0.1) is 5.60 Å². The van der Waals surface area contributed by atoms with Crippen LogP contribution >= 0.6 is 0 Å². The fourth-order valence-electron chi connectivity index (χ4n) is 4.27. The Kier molecular flexibility index (Phi) is 7.69. The summed E-state index contributed by atoms with van der Waals surface area (Å²) in [5.74, 6) is -1.34. The molecule has 0 bridgehead atoms. The first-order valence-electron chi connectivity index (χ1n) is 11.2. The van der Waals surface area contributed by atoms with E-state index in [1.807, 2.05) is 0 Å². The molecule has 0 saturated heterocycles. The molecule has 11 heteroatoms. The van der Waals surface area contributed by atoms with Gasteiger partial charge in [0.25, 0.3) is 5.91 Å². The monoisotopic (exact) mass is 528 g/mol. The number of rotatable bonds is 7. The second-order valence-corrected chi connectivity index (χ2v) is 9.31. The van der Waals surface area contributed by atoms with E-state index in [2.05, 4.69) is 4.74 Å². The number of aromatic nitrogens is 1. The molecular weight excluding hydrogens is 502 g/mol. The van der Waals surface area contributed by atoms with E-state index in [4.69, 9.17) is 0 Å². The molecule has 0 aliphatic rings. The first kappa shape index (κ1) is 28.1. The van der Waals surface area contributed by atoms with E-state index in [0.717, 1.165) is 21.6 Å². The summed E-state index contributed by atoms with van der Waals surface area (Å²) in [6.45, 7) is 3.65. The number of nitrogens with zero attached hydrogens (tertiary/aromatic N) is 2. The highest BCUT2D eigenvalue weighted by Crippen LogP contribution is 2.42. The third-order valence-electron chi connectivity index (χ3n) is 5.51. The molecular formula is C26H26F6N2O3. The third-order valence-corrected chi connectivity index (χ3v) is 5.51. The summed E-state index contributed by atoms with van der Waals surface area (Å²) in [7, 11) is 1.35. The minimum atomic E-state index is -4.94. The maximum atomic E-state index is 14.4. The van der Waals surface area contributed by atoms with E-state index >= 15 is 0 Å². The van der Waals surface area contributed by atoms with Crippen LogP contribution in [0.3, 0.4) is 0 Å². The normalized spacial score (nSPS) is 12.5. The van der Waals surface area contributed by atoms with Crippen LogP contribution in [0.5, 0.6) is 5.75 Å². The molecule has 1 N–H and O–H groups in total. The van der Waals surface area contributed by atoms with Gasteiger partial charge in [-0.2, -0.15) is 13.2 Å². The fraction of sp³-hybridized carbons (Fsp3) is 0.346. The number of aliphatic hydroxyl groups is 1. The average molecular weight is 528 g/mol. The number of carbonyl (C=O) groups is 1. The van der Waals surface area contributed by atoms with Crippen LogP contribution in [0.2, 0.25) is 0 Å². The van der Waals surface area contributed by atoms with Crippen LogP contribution in [0.15, 0.2) is 54.6 Å². The number of hydrogen-bond donors (Lipinski definition) is 1. The van der Waals surface area contributed by atoms with Gasteiger partial charge >= 0.3 is 12.5 Å². The molecule has 0 fully saturated rings.